The van der Waals surface area contributed by atoms with Crippen molar-refractivity contribution in [3.8, 4) is 0 Å². The van der Waals surface area contributed by atoms with Crippen LogP contribution in [-0.4, -0.2) is 38.3 Å². The Morgan fingerprint density at radius 1 is 1.15 bits per heavy atom. The number of rotatable bonds is 3. The Bertz CT molecular complexity index is 1020. The van der Waals surface area contributed by atoms with Gasteiger partial charge < -0.3 is 5.32 Å². The molecule has 27 heavy (non-hydrogen) atoms. The van der Waals surface area contributed by atoms with Crippen molar-refractivity contribution < 1.29 is 13.2 Å². The topological polar surface area (TPSA) is 78.8 Å². The van der Waals surface area contributed by atoms with E-state index in [1.807, 2.05) is 24.3 Å². The molecule has 4 rings (SSSR count). The van der Waals surface area contributed by atoms with Crippen LogP contribution >= 0.6 is 11.8 Å². The minimum Gasteiger partial charge on any atom is -0.301 e. The first-order valence-corrected chi connectivity index (χ1v) is 11.2. The number of nitrogens with one attached hydrogen (secondary N) is 1. The summed E-state index contributed by atoms with van der Waals surface area (Å²) in [4.78, 5) is 16.8. The molecule has 2 heterocycles. The van der Waals surface area contributed by atoms with Gasteiger partial charge in [0, 0.05) is 17.9 Å². The minimum atomic E-state index is -3.74. The zero-order valence-electron chi connectivity index (χ0n) is 14.6. The van der Waals surface area contributed by atoms with E-state index in [2.05, 4.69) is 10.3 Å². The Kier molecular flexibility index (Phi) is 4.92. The summed E-state index contributed by atoms with van der Waals surface area (Å²) in [6.07, 6.45) is 1.64. The summed E-state index contributed by atoms with van der Waals surface area (Å²) in [7, 11) is -3.74. The lowest BCUT2D eigenvalue weighted by molar-refractivity contribution is 0.0977. The van der Waals surface area contributed by atoms with E-state index in [1.54, 1.807) is 12.1 Å². The molecule has 2 aliphatic heterocycles. The summed E-state index contributed by atoms with van der Waals surface area (Å²) in [5.74, 6) is 0.498. The Morgan fingerprint density at radius 3 is 2.81 bits per heavy atom. The SMILES string of the molecule is O=C(NC1=NCCS1)c1cccc(S(=O)(=O)N2CCCc3ccccc32)c1. The first kappa shape index (κ1) is 18.1. The number of anilines is 1. The summed E-state index contributed by atoms with van der Waals surface area (Å²) >= 11 is 1.48. The lowest BCUT2D eigenvalue weighted by atomic mass is 10.0. The monoisotopic (exact) mass is 401 g/mol. The standard InChI is InChI=1S/C19H19N3O3S2/c23-18(21-19-20-10-12-26-19)15-6-3-8-16(13-15)27(24,25)22-11-4-7-14-5-1-2-9-17(14)22/h1-3,5-6,8-9,13H,4,7,10-12H2,(H,20,21,23). The van der Waals surface area contributed by atoms with Crippen molar-refractivity contribution in [2.24, 2.45) is 4.99 Å². The number of hydrogen-bond acceptors (Lipinski definition) is 5. The Balaban J connectivity index is 1.64. The number of hydrogen-bond donors (Lipinski definition) is 1. The number of fused-ring (bicyclic) bond motifs is 1. The molecule has 1 amide bonds. The lowest BCUT2D eigenvalue weighted by Gasteiger charge is -2.30. The van der Waals surface area contributed by atoms with E-state index in [1.165, 1.54) is 28.2 Å². The van der Waals surface area contributed by atoms with Crippen LogP contribution in [-0.2, 0) is 16.4 Å². The number of nitrogens with zero attached hydrogens (tertiary/aromatic N) is 2. The van der Waals surface area contributed by atoms with Gasteiger partial charge in [0.05, 0.1) is 17.1 Å². The number of amides is 1. The average Bonchev–Trinajstić information content (AvgIpc) is 3.20. The fourth-order valence-electron chi connectivity index (χ4n) is 3.25. The molecule has 2 aliphatic rings. The quantitative estimate of drug-likeness (QED) is 0.858. The van der Waals surface area contributed by atoms with Crippen molar-refractivity contribution in [1.82, 2.24) is 5.32 Å². The molecule has 0 aliphatic carbocycles. The maximum atomic E-state index is 13.2. The van der Waals surface area contributed by atoms with Gasteiger partial charge in [-0.25, -0.2) is 8.42 Å². The molecule has 0 unspecified atom stereocenters. The van der Waals surface area contributed by atoms with Crippen molar-refractivity contribution >= 4 is 38.5 Å². The predicted molar refractivity (Wildman–Crippen MR) is 108 cm³/mol. The molecular formula is C19H19N3O3S2. The largest absolute Gasteiger partial charge is 0.301 e. The van der Waals surface area contributed by atoms with Crippen LogP contribution in [0.3, 0.4) is 0 Å². The molecule has 0 fully saturated rings. The molecule has 8 heteroatoms. The fourth-order valence-corrected chi connectivity index (χ4v) is 5.56. The molecule has 2 aromatic rings. The average molecular weight is 402 g/mol. The van der Waals surface area contributed by atoms with Crippen molar-refractivity contribution in [2.45, 2.75) is 17.7 Å². The number of amidine groups is 1. The van der Waals surface area contributed by atoms with Gasteiger partial charge in [-0.1, -0.05) is 36.0 Å². The van der Waals surface area contributed by atoms with Gasteiger partial charge >= 0.3 is 0 Å². The molecular weight excluding hydrogens is 382 g/mol. The summed E-state index contributed by atoms with van der Waals surface area (Å²) < 4.78 is 27.9. The van der Waals surface area contributed by atoms with Gasteiger partial charge in [0.2, 0.25) is 0 Å². The molecule has 6 nitrogen and oxygen atoms in total. The molecule has 0 spiro atoms. The number of carbonyl (C=O) groups is 1. The van der Waals surface area contributed by atoms with Gasteiger partial charge in [0.15, 0.2) is 5.17 Å². The number of benzene rings is 2. The first-order valence-electron chi connectivity index (χ1n) is 8.75. The van der Waals surface area contributed by atoms with E-state index in [0.29, 0.717) is 23.8 Å². The van der Waals surface area contributed by atoms with Crippen LogP contribution in [0.5, 0.6) is 0 Å². The first-order chi connectivity index (χ1) is 13.1. The minimum absolute atomic E-state index is 0.118. The number of para-hydroxylation sites is 1. The van der Waals surface area contributed by atoms with Crippen molar-refractivity contribution in [3.05, 3.63) is 59.7 Å². The number of sulfonamides is 1. The highest BCUT2D eigenvalue weighted by atomic mass is 32.2. The van der Waals surface area contributed by atoms with E-state index in [4.69, 9.17) is 0 Å². The highest BCUT2D eigenvalue weighted by Crippen LogP contribution is 2.31. The van der Waals surface area contributed by atoms with E-state index in [0.717, 1.165) is 29.8 Å². The van der Waals surface area contributed by atoms with Crippen LogP contribution in [0.15, 0.2) is 58.4 Å². The third kappa shape index (κ3) is 3.59. The predicted octanol–water partition coefficient (Wildman–Crippen LogP) is 2.66. The van der Waals surface area contributed by atoms with Crippen LogP contribution in [0, 0.1) is 0 Å². The molecule has 140 valence electrons. The summed E-state index contributed by atoms with van der Waals surface area (Å²) in [6, 6.07) is 13.7. The summed E-state index contributed by atoms with van der Waals surface area (Å²) in [5.41, 5.74) is 2.05. The highest BCUT2D eigenvalue weighted by molar-refractivity contribution is 8.14. The number of aliphatic imine (C=N–C) groups is 1. The highest BCUT2D eigenvalue weighted by Gasteiger charge is 2.29. The maximum absolute atomic E-state index is 13.2. The molecule has 0 atom stereocenters. The lowest BCUT2D eigenvalue weighted by Crippen LogP contribution is -2.35. The second-order valence-corrected chi connectivity index (χ2v) is 9.27. The van der Waals surface area contributed by atoms with Gasteiger partial charge in [-0.3, -0.25) is 14.1 Å². The second kappa shape index (κ2) is 7.36. The van der Waals surface area contributed by atoms with E-state index < -0.39 is 10.0 Å². The van der Waals surface area contributed by atoms with Crippen LogP contribution in [0.2, 0.25) is 0 Å². The fraction of sp³-hybridized carbons (Fsp3) is 0.263. The Labute approximate surface area is 162 Å². The zero-order valence-corrected chi connectivity index (χ0v) is 16.2. The molecule has 1 N–H and O–H groups in total. The molecule has 2 aromatic carbocycles. The smallest absolute Gasteiger partial charge is 0.264 e. The molecule has 0 saturated heterocycles. The van der Waals surface area contributed by atoms with Gasteiger partial charge in [-0.05, 0) is 42.7 Å². The van der Waals surface area contributed by atoms with E-state index in [-0.39, 0.29) is 10.8 Å². The molecule has 0 radical (unpaired) electrons. The third-order valence-electron chi connectivity index (χ3n) is 4.56. The van der Waals surface area contributed by atoms with Gasteiger partial charge in [0.25, 0.3) is 15.9 Å². The van der Waals surface area contributed by atoms with Gasteiger partial charge in [-0.2, -0.15) is 0 Å². The van der Waals surface area contributed by atoms with Gasteiger partial charge in [-0.15, -0.1) is 0 Å². The molecule has 0 aromatic heterocycles. The van der Waals surface area contributed by atoms with E-state index >= 15 is 0 Å². The maximum Gasteiger partial charge on any atom is 0.264 e. The summed E-state index contributed by atoms with van der Waals surface area (Å²) in [5, 5.41) is 3.32. The molecule has 0 bridgehead atoms. The summed E-state index contributed by atoms with van der Waals surface area (Å²) in [6.45, 7) is 1.12. The number of thioether (sulfide) groups is 1. The van der Waals surface area contributed by atoms with Crippen molar-refractivity contribution in [3.63, 3.8) is 0 Å². The normalized spacial score (nSPS) is 16.6. The second-order valence-electron chi connectivity index (χ2n) is 6.33. The Morgan fingerprint density at radius 2 is 2.00 bits per heavy atom. The van der Waals surface area contributed by atoms with Gasteiger partial charge in [0.1, 0.15) is 0 Å². The number of aryl methyl sites for hydroxylation is 1. The Hall–Kier alpha value is -2.32. The van der Waals surface area contributed by atoms with Crippen molar-refractivity contribution in [1.29, 1.82) is 0 Å². The van der Waals surface area contributed by atoms with Crippen LogP contribution in [0.1, 0.15) is 22.3 Å². The van der Waals surface area contributed by atoms with E-state index in [9.17, 15) is 13.2 Å². The zero-order chi connectivity index (χ0) is 18.9. The van der Waals surface area contributed by atoms with Crippen LogP contribution in [0.4, 0.5) is 5.69 Å². The van der Waals surface area contributed by atoms with Crippen molar-refractivity contribution in [2.75, 3.05) is 23.1 Å². The molecule has 0 saturated carbocycles. The van der Waals surface area contributed by atoms with Crippen LogP contribution in [0.25, 0.3) is 0 Å². The third-order valence-corrected chi connectivity index (χ3v) is 7.26. The number of carbonyl (C=O) groups excluding carboxylic acids is 1. The van der Waals surface area contributed by atoms with Crippen LogP contribution < -0.4 is 9.62 Å².